The molecule has 2 heterocycles. The van der Waals surface area contributed by atoms with E-state index < -0.39 is 0 Å². The summed E-state index contributed by atoms with van der Waals surface area (Å²) >= 11 is 1.60. The Labute approximate surface area is 188 Å². The van der Waals surface area contributed by atoms with Gasteiger partial charge in [-0.1, -0.05) is 49.4 Å². The van der Waals surface area contributed by atoms with Crippen LogP contribution < -0.4 is 4.90 Å². The van der Waals surface area contributed by atoms with Crippen LogP contribution in [0.5, 0.6) is 0 Å². The molecule has 1 fully saturated rings. The van der Waals surface area contributed by atoms with Gasteiger partial charge < -0.3 is 9.64 Å². The lowest BCUT2D eigenvalue weighted by atomic mass is 10.1. The van der Waals surface area contributed by atoms with Crippen LogP contribution in [0.1, 0.15) is 18.2 Å². The molecule has 162 valence electrons. The zero-order valence-electron chi connectivity index (χ0n) is 18.0. The number of hydrogen-bond acceptors (Lipinski definition) is 5. The molecule has 2 aromatic carbocycles. The Kier molecular flexibility index (Phi) is 7.46. The molecule has 0 spiro atoms. The minimum absolute atomic E-state index is 0.0811. The Morgan fingerprint density at radius 2 is 1.84 bits per heavy atom. The highest BCUT2D eigenvalue weighted by molar-refractivity contribution is 7.13. The number of rotatable bonds is 8. The van der Waals surface area contributed by atoms with Crippen molar-refractivity contribution >= 4 is 22.9 Å². The van der Waals surface area contributed by atoms with Crippen molar-refractivity contribution in [3.05, 3.63) is 71.2 Å². The van der Waals surface area contributed by atoms with Crippen molar-refractivity contribution in [3.63, 3.8) is 0 Å². The summed E-state index contributed by atoms with van der Waals surface area (Å²) in [6, 6.07) is 18.4. The molecule has 1 aliphatic heterocycles. The molecule has 1 aromatic heterocycles. The number of carbonyl (C=O) groups excluding carboxylic acids is 1. The number of nitrogens with zero attached hydrogens (tertiary/aromatic N) is 3. The van der Waals surface area contributed by atoms with Crippen LogP contribution in [0.2, 0.25) is 0 Å². The molecule has 0 radical (unpaired) electrons. The van der Waals surface area contributed by atoms with Crippen LogP contribution in [0.15, 0.2) is 60.0 Å². The first kappa shape index (κ1) is 21.7. The third kappa shape index (κ3) is 5.79. The third-order valence-corrected chi connectivity index (χ3v) is 6.55. The molecule has 0 unspecified atom stereocenters. The molecule has 4 rings (SSSR count). The molecule has 1 aliphatic rings. The minimum atomic E-state index is 0.0811. The van der Waals surface area contributed by atoms with Crippen molar-refractivity contribution in [1.82, 2.24) is 9.88 Å². The van der Waals surface area contributed by atoms with E-state index in [2.05, 4.69) is 36.1 Å². The monoisotopic (exact) mass is 435 g/mol. The quantitative estimate of drug-likeness (QED) is 0.530. The fourth-order valence-corrected chi connectivity index (χ4v) is 4.55. The van der Waals surface area contributed by atoms with Gasteiger partial charge in [0.25, 0.3) is 0 Å². The second-order valence-corrected chi connectivity index (χ2v) is 8.56. The van der Waals surface area contributed by atoms with Gasteiger partial charge in [0.05, 0.1) is 25.3 Å². The molecule has 0 aliphatic carbocycles. The highest BCUT2D eigenvalue weighted by atomic mass is 32.1. The maximum absolute atomic E-state index is 13.3. The van der Waals surface area contributed by atoms with Gasteiger partial charge in [-0.05, 0) is 24.1 Å². The summed E-state index contributed by atoms with van der Waals surface area (Å²) in [6.45, 7) is 7.03. The van der Waals surface area contributed by atoms with Crippen LogP contribution in [0, 0.1) is 0 Å². The number of carbonyl (C=O) groups is 1. The van der Waals surface area contributed by atoms with Gasteiger partial charge in [-0.3, -0.25) is 9.69 Å². The number of thiazole rings is 1. The molecule has 0 saturated carbocycles. The minimum Gasteiger partial charge on any atom is -0.379 e. The fraction of sp³-hybridized carbons (Fsp3) is 0.360. The second kappa shape index (κ2) is 10.7. The summed E-state index contributed by atoms with van der Waals surface area (Å²) in [5.41, 5.74) is 4.19. The van der Waals surface area contributed by atoms with Gasteiger partial charge in [-0.15, -0.1) is 11.3 Å². The highest BCUT2D eigenvalue weighted by Crippen LogP contribution is 2.25. The Morgan fingerprint density at radius 1 is 1.10 bits per heavy atom. The molecule has 1 amide bonds. The summed E-state index contributed by atoms with van der Waals surface area (Å²) in [7, 11) is 0. The van der Waals surface area contributed by atoms with E-state index in [0.717, 1.165) is 61.2 Å². The number of hydrogen-bond donors (Lipinski definition) is 0. The van der Waals surface area contributed by atoms with E-state index in [1.807, 2.05) is 40.6 Å². The molecular formula is C25H29N3O2S. The molecule has 0 bridgehead atoms. The zero-order valence-corrected chi connectivity index (χ0v) is 18.8. The van der Waals surface area contributed by atoms with Gasteiger partial charge in [0.1, 0.15) is 5.01 Å². The lowest BCUT2D eigenvalue weighted by Crippen LogP contribution is -2.43. The summed E-state index contributed by atoms with van der Waals surface area (Å²) in [5, 5.41) is 2.97. The van der Waals surface area contributed by atoms with Crippen molar-refractivity contribution < 1.29 is 9.53 Å². The number of anilines is 1. The van der Waals surface area contributed by atoms with E-state index in [1.54, 1.807) is 11.3 Å². The van der Waals surface area contributed by atoms with Gasteiger partial charge in [0.15, 0.2) is 0 Å². The smallest absolute Gasteiger partial charge is 0.233 e. The average molecular weight is 436 g/mol. The average Bonchev–Trinajstić information content (AvgIpc) is 3.29. The number of ether oxygens (including phenoxy) is 1. The lowest BCUT2D eigenvalue weighted by Gasteiger charge is -2.30. The zero-order chi connectivity index (χ0) is 21.5. The van der Waals surface area contributed by atoms with Crippen LogP contribution in [0.25, 0.3) is 10.6 Å². The summed E-state index contributed by atoms with van der Waals surface area (Å²) in [5.74, 6) is 0.0811. The highest BCUT2D eigenvalue weighted by Gasteiger charge is 2.20. The molecule has 31 heavy (non-hydrogen) atoms. The van der Waals surface area contributed by atoms with Crippen molar-refractivity contribution in [3.8, 4) is 10.6 Å². The van der Waals surface area contributed by atoms with Crippen molar-refractivity contribution in [2.45, 2.75) is 19.8 Å². The first-order valence-electron chi connectivity index (χ1n) is 10.9. The molecule has 0 N–H and O–H groups in total. The Morgan fingerprint density at radius 3 is 2.55 bits per heavy atom. The van der Waals surface area contributed by atoms with Crippen LogP contribution in [-0.4, -0.2) is 55.2 Å². The van der Waals surface area contributed by atoms with E-state index >= 15 is 0 Å². The maximum atomic E-state index is 13.3. The molecule has 5 nitrogen and oxygen atoms in total. The van der Waals surface area contributed by atoms with Gasteiger partial charge >= 0.3 is 0 Å². The van der Waals surface area contributed by atoms with E-state index in [4.69, 9.17) is 9.72 Å². The van der Waals surface area contributed by atoms with Gasteiger partial charge in [-0.2, -0.15) is 0 Å². The van der Waals surface area contributed by atoms with Crippen molar-refractivity contribution in [2.24, 2.45) is 0 Å². The normalized spacial score (nSPS) is 14.5. The first-order valence-corrected chi connectivity index (χ1v) is 11.8. The van der Waals surface area contributed by atoms with Gasteiger partial charge in [-0.25, -0.2) is 4.98 Å². The number of amides is 1. The molecule has 0 atom stereocenters. The number of benzene rings is 2. The Bertz CT molecular complexity index is 966. The van der Waals surface area contributed by atoms with Crippen LogP contribution in [-0.2, 0) is 22.4 Å². The van der Waals surface area contributed by atoms with Crippen molar-refractivity contribution in [1.29, 1.82) is 0 Å². The van der Waals surface area contributed by atoms with Crippen molar-refractivity contribution in [2.75, 3.05) is 44.3 Å². The SMILES string of the molecule is CCc1ccc(-c2nc(CC(=O)N(CCN3CCOCC3)c3ccccc3)cs2)cc1. The second-order valence-electron chi connectivity index (χ2n) is 7.71. The predicted molar refractivity (Wildman–Crippen MR) is 127 cm³/mol. The number of aryl methyl sites for hydroxylation is 1. The largest absolute Gasteiger partial charge is 0.379 e. The number of morpholine rings is 1. The predicted octanol–water partition coefficient (Wildman–Crippen LogP) is 4.28. The summed E-state index contributed by atoms with van der Waals surface area (Å²) in [4.78, 5) is 22.3. The third-order valence-electron chi connectivity index (χ3n) is 5.61. The van der Waals surface area contributed by atoms with E-state index in [9.17, 15) is 4.79 Å². The van der Waals surface area contributed by atoms with Crippen LogP contribution >= 0.6 is 11.3 Å². The van der Waals surface area contributed by atoms with Crippen LogP contribution in [0.4, 0.5) is 5.69 Å². The Hall–Kier alpha value is -2.54. The van der Waals surface area contributed by atoms with Gasteiger partial charge in [0, 0.05) is 42.8 Å². The Balaban J connectivity index is 1.44. The fourth-order valence-electron chi connectivity index (χ4n) is 3.73. The molecule has 1 saturated heterocycles. The van der Waals surface area contributed by atoms with E-state index in [0.29, 0.717) is 13.0 Å². The summed E-state index contributed by atoms with van der Waals surface area (Å²) in [6.07, 6.45) is 1.33. The number of aromatic nitrogens is 1. The standard InChI is InChI=1S/C25H29N3O2S/c1-2-20-8-10-21(11-9-20)25-26-22(19-31-25)18-24(29)28(23-6-4-3-5-7-23)13-12-27-14-16-30-17-15-27/h3-11,19H,2,12-18H2,1H3. The molecule has 3 aromatic rings. The van der Waals surface area contributed by atoms with Gasteiger partial charge in [0.2, 0.25) is 5.91 Å². The number of para-hydroxylation sites is 1. The summed E-state index contributed by atoms with van der Waals surface area (Å²) < 4.78 is 5.44. The first-order chi connectivity index (χ1) is 15.2. The topological polar surface area (TPSA) is 45.7 Å². The van der Waals surface area contributed by atoms with E-state index in [-0.39, 0.29) is 5.91 Å². The maximum Gasteiger partial charge on any atom is 0.233 e. The lowest BCUT2D eigenvalue weighted by molar-refractivity contribution is -0.118. The molecular weight excluding hydrogens is 406 g/mol. The van der Waals surface area contributed by atoms with Crippen LogP contribution in [0.3, 0.4) is 0 Å². The molecule has 6 heteroatoms. The van der Waals surface area contributed by atoms with E-state index in [1.165, 1.54) is 5.56 Å².